The van der Waals surface area contributed by atoms with E-state index in [0.29, 0.717) is 13.0 Å². The Labute approximate surface area is 101 Å². The fraction of sp³-hybridized carbons (Fsp3) is 0.556. The maximum Gasteiger partial charge on any atom is 0.189 e. The second kappa shape index (κ2) is 4.65. The average Bonchev–Trinajstić information content (AvgIpc) is 2.65. The van der Waals surface area contributed by atoms with Crippen molar-refractivity contribution in [3.8, 4) is 0 Å². The predicted molar refractivity (Wildman–Crippen MR) is 63.2 cm³/mol. The van der Waals surface area contributed by atoms with Gasteiger partial charge in [0.1, 0.15) is 12.0 Å². The molecule has 1 unspecified atom stereocenters. The van der Waals surface area contributed by atoms with Crippen LogP contribution in [0.3, 0.4) is 0 Å². The molecule has 82 valence electrons. The summed E-state index contributed by atoms with van der Waals surface area (Å²) in [6, 6.07) is 0. The molecule has 0 aromatic carbocycles. The predicted octanol–water partition coefficient (Wildman–Crippen LogP) is 2.51. The summed E-state index contributed by atoms with van der Waals surface area (Å²) in [4.78, 5) is 10.5. The number of halogens is 2. The lowest BCUT2D eigenvalue weighted by molar-refractivity contribution is 0.364. The Morgan fingerprint density at radius 3 is 3.07 bits per heavy atom. The highest BCUT2D eigenvalue weighted by molar-refractivity contribution is 9.10. The number of hydrogen-bond donors (Lipinski definition) is 0. The maximum absolute atomic E-state index is 13.1. The number of aromatic nitrogens is 2. The monoisotopic (exact) mass is 291 g/mol. The van der Waals surface area contributed by atoms with E-state index in [4.69, 9.17) is 0 Å². The Balaban J connectivity index is 2.26. The van der Waals surface area contributed by atoms with E-state index in [2.05, 4.69) is 25.9 Å². The van der Waals surface area contributed by atoms with Crippen molar-refractivity contribution >= 4 is 33.5 Å². The molecule has 0 aliphatic carbocycles. The third-order valence-corrected chi connectivity index (χ3v) is 3.44. The van der Waals surface area contributed by atoms with E-state index >= 15 is 0 Å². The maximum atomic E-state index is 13.1. The second-order valence-electron chi connectivity index (χ2n) is 3.36. The Bertz CT molecular complexity index is 363. The average molecular weight is 292 g/mol. The molecule has 0 saturated carbocycles. The van der Waals surface area contributed by atoms with Gasteiger partial charge in [0.05, 0.1) is 11.0 Å². The quantitative estimate of drug-likeness (QED) is 0.618. The Hall–Kier alpha value is -0.360. The Morgan fingerprint density at radius 2 is 2.47 bits per heavy atom. The van der Waals surface area contributed by atoms with Gasteiger partial charge in [0.15, 0.2) is 5.16 Å². The summed E-state index contributed by atoms with van der Waals surface area (Å²) in [7, 11) is 0. The third kappa shape index (κ3) is 2.42. The van der Waals surface area contributed by atoms with E-state index in [9.17, 15) is 4.39 Å². The number of hydrogen-bond acceptors (Lipinski definition) is 4. The van der Waals surface area contributed by atoms with Gasteiger partial charge in [0.2, 0.25) is 0 Å². The lowest BCUT2D eigenvalue weighted by Crippen LogP contribution is -2.21. The van der Waals surface area contributed by atoms with Crippen LogP contribution in [0.2, 0.25) is 0 Å². The zero-order valence-electron chi connectivity index (χ0n) is 8.28. The normalized spacial score (nSPS) is 21.0. The first kappa shape index (κ1) is 11.1. The van der Waals surface area contributed by atoms with Crippen molar-refractivity contribution < 1.29 is 4.39 Å². The van der Waals surface area contributed by atoms with Crippen LogP contribution in [-0.2, 0) is 0 Å². The van der Waals surface area contributed by atoms with Crippen LogP contribution in [0.4, 0.5) is 10.2 Å². The highest BCUT2D eigenvalue weighted by Gasteiger charge is 2.24. The summed E-state index contributed by atoms with van der Waals surface area (Å²) < 4.78 is 13.9. The SMILES string of the molecule is CSc1ncc(Br)c(N2CCC(F)C2)n1. The molecule has 1 fully saturated rings. The fourth-order valence-corrected chi connectivity index (χ4v) is 2.35. The number of nitrogens with zero attached hydrogens (tertiary/aromatic N) is 3. The summed E-state index contributed by atoms with van der Waals surface area (Å²) >= 11 is 4.88. The molecule has 15 heavy (non-hydrogen) atoms. The molecule has 6 heteroatoms. The largest absolute Gasteiger partial charge is 0.353 e. The van der Waals surface area contributed by atoms with Gasteiger partial charge >= 0.3 is 0 Å². The highest BCUT2D eigenvalue weighted by atomic mass is 79.9. The topological polar surface area (TPSA) is 29.0 Å². The zero-order chi connectivity index (χ0) is 10.8. The molecule has 0 bridgehead atoms. The smallest absolute Gasteiger partial charge is 0.189 e. The van der Waals surface area contributed by atoms with E-state index in [0.717, 1.165) is 22.0 Å². The molecule has 1 aromatic rings. The Morgan fingerprint density at radius 1 is 1.67 bits per heavy atom. The summed E-state index contributed by atoms with van der Waals surface area (Å²) in [5.74, 6) is 0.800. The number of thioether (sulfide) groups is 1. The lowest BCUT2D eigenvalue weighted by atomic mass is 10.3. The molecule has 1 saturated heterocycles. The van der Waals surface area contributed by atoms with Crippen molar-refractivity contribution in [2.24, 2.45) is 0 Å². The van der Waals surface area contributed by atoms with Gasteiger partial charge in [-0.25, -0.2) is 14.4 Å². The molecule has 1 aliphatic rings. The molecule has 1 aliphatic heterocycles. The molecule has 3 nitrogen and oxygen atoms in total. The highest BCUT2D eigenvalue weighted by Crippen LogP contribution is 2.28. The van der Waals surface area contributed by atoms with Crippen LogP contribution < -0.4 is 4.90 Å². The van der Waals surface area contributed by atoms with Crippen molar-refractivity contribution in [2.75, 3.05) is 24.2 Å². The van der Waals surface area contributed by atoms with Gasteiger partial charge in [0.25, 0.3) is 0 Å². The number of anilines is 1. The van der Waals surface area contributed by atoms with Crippen molar-refractivity contribution in [2.45, 2.75) is 17.7 Å². The molecular weight excluding hydrogens is 281 g/mol. The van der Waals surface area contributed by atoms with Gasteiger partial charge < -0.3 is 4.90 Å². The summed E-state index contributed by atoms with van der Waals surface area (Å²) in [5.41, 5.74) is 0. The van der Waals surface area contributed by atoms with Crippen LogP contribution in [0.5, 0.6) is 0 Å². The second-order valence-corrected chi connectivity index (χ2v) is 4.99. The van der Waals surface area contributed by atoms with Gasteiger partial charge in [-0.05, 0) is 28.6 Å². The Kier molecular flexibility index (Phi) is 3.45. The summed E-state index contributed by atoms with van der Waals surface area (Å²) in [5, 5.41) is 0.718. The standard InChI is InChI=1S/C9H11BrFN3S/c1-15-9-12-4-7(10)8(13-9)14-3-2-6(11)5-14/h4,6H,2-3,5H2,1H3. The van der Waals surface area contributed by atoms with Crippen molar-refractivity contribution in [3.05, 3.63) is 10.7 Å². The van der Waals surface area contributed by atoms with Gasteiger partial charge in [-0.1, -0.05) is 11.8 Å². The minimum atomic E-state index is -0.732. The minimum absolute atomic E-state index is 0.434. The van der Waals surface area contributed by atoms with E-state index in [1.54, 1.807) is 6.20 Å². The molecule has 2 heterocycles. The van der Waals surface area contributed by atoms with E-state index < -0.39 is 6.17 Å². The first-order valence-electron chi connectivity index (χ1n) is 4.66. The van der Waals surface area contributed by atoms with Crippen LogP contribution >= 0.6 is 27.7 Å². The van der Waals surface area contributed by atoms with Crippen LogP contribution in [0.1, 0.15) is 6.42 Å². The van der Waals surface area contributed by atoms with E-state index in [-0.39, 0.29) is 0 Å². The fourth-order valence-electron chi connectivity index (χ4n) is 1.57. The molecular formula is C9H11BrFN3S. The molecule has 0 spiro atoms. The van der Waals surface area contributed by atoms with Crippen molar-refractivity contribution in [1.29, 1.82) is 0 Å². The first-order chi connectivity index (χ1) is 7.20. The molecule has 1 aromatic heterocycles. The van der Waals surface area contributed by atoms with Crippen LogP contribution in [0.15, 0.2) is 15.8 Å². The van der Waals surface area contributed by atoms with Gasteiger partial charge in [0, 0.05) is 12.7 Å². The molecule has 0 radical (unpaired) electrons. The van der Waals surface area contributed by atoms with Crippen LogP contribution in [-0.4, -0.2) is 35.5 Å². The number of alkyl halides is 1. The third-order valence-electron chi connectivity index (χ3n) is 2.32. The van der Waals surface area contributed by atoms with Gasteiger partial charge in [-0.3, -0.25) is 0 Å². The molecule has 0 N–H and O–H groups in total. The number of rotatable bonds is 2. The molecule has 1 atom stereocenters. The van der Waals surface area contributed by atoms with Gasteiger partial charge in [-0.2, -0.15) is 0 Å². The van der Waals surface area contributed by atoms with E-state index in [1.165, 1.54) is 11.8 Å². The van der Waals surface area contributed by atoms with Crippen LogP contribution in [0.25, 0.3) is 0 Å². The van der Waals surface area contributed by atoms with E-state index in [1.807, 2.05) is 11.2 Å². The van der Waals surface area contributed by atoms with Crippen molar-refractivity contribution in [1.82, 2.24) is 9.97 Å². The lowest BCUT2D eigenvalue weighted by Gasteiger charge is -2.17. The summed E-state index contributed by atoms with van der Waals surface area (Å²) in [6.07, 6.45) is 3.50. The van der Waals surface area contributed by atoms with Crippen LogP contribution in [0, 0.1) is 0 Å². The molecule has 2 rings (SSSR count). The zero-order valence-corrected chi connectivity index (χ0v) is 10.7. The minimum Gasteiger partial charge on any atom is -0.353 e. The van der Waals surface area contributed by atoms with Gasteiger partial charge in [-0.15, -0.1) is 0 Å². The first-order valence-corrected chi connectivity index (χ1v) is 6.68. The molecule has 0 amide bonds. The van der Waals surface area contributed by atoms with Crippen molar-refractivity contribution in [3.63, 3.8) is 0 Å². The summed E-state index contributed by atoms with van der Waals surface area (Å²) in [6.45, 7) is 1.16.